The van der Waals surface area contributed by atoms with Crippen molar-refractivity contribution in [3.8, 4) is 0 Å². The van der Waals surface area contributed by atoms with Crippen molar-refractivity contribution in [1.29, 1.82) is 0 Å². The monoisotopic (exact) mass is 1460 g/mol. The van der Waals surface area contributed by atoms with Crippen LogP contribution in [0.25, 0.3) is 0 Å². The van der Waals surface area contributed by atoms with Crippen LogP contribution in [0.15, 0.2) is 170 Å². The van der Waals surface area contributed by atoms with E-state index in [4.69, 9.17) is 37.0 Å². The fourth-order valence-corrected chi connectivity index (χ4v) is 11.0. The first-order valence-corrected chi connectivity index (χ1v) is 41.4. The lowest BCUT2D eigenvalue weighted by Gasteiger charge is -2.21. The molecule has 0 aromatic heterocycles. The highest BCUT2D eigenvalue weighted by Gasteiger charge is 2.30. The van der Waals surface area contributed by atoms with E-state index in [1.54, 1.807) is 0 Å². The van der Waals surface area contributed by atoms with Gasteiger partial charge in [0.25, 0.3) is 0 Å². The number of esters is 4. The molecule has 102 heavy (non-hydrogen) atoms. The molecule has 0 fully saturated rings. The van der Waals surface area contributed by atoms with Gasteiger partial charge in [-0.05, 0) is 154 Å². The summed E-state index contributed by atoms with van der Waals surface area (Å²) in [6.07, 6.45) is 86.5. The van der Waals surface area contributed by atoms with Crippen LogP contribution < -0.4 is 0 Å². The van der Waals surface area contributed by atoms with E-state index in [0.29, 0.717) is 32.1 Å². The number of ether oxygens (including phenoxy) is 4. The van der Waals surface area contributed by atoms with Crippen LogP contribution in [0.3, 0.4) is 0 Å². The van der Waals surface area contributed by atoms with Gasteiger partial charge in [-0.3, -0.25) is 37.3 Å². The van der Waals surface area contributed by atoms with Crippen LogP contribution in [0.4, 0.5) is 0 Å². The Morgan fingerprint density at radius 3 is 0.853 bits per heavy atom. The average Bonchev–Trinajstić information content (AvgIpc) is 0.921. The van der Waals surface area contributed by atoms with Crippen molar-refractivity contribution in [3.05, 3.63) is 170 Å². The largest absolute Gasteiger partial charge is 0.472 e. The third-order valence-corrected chi connectivity index (χ3v) is 17.1. The summed E-state index contributed by atoms with van der Waals surface area (Å²) in [5.74, 6) is -2.34. The van der Waals surface area contributed by atoms with Gasteiger partial charge >= 0.3 is 39.5 Å². The Labute approximate surface area is 616 Å². The highest BCUT2D eigenvalue weighted by molar-refractivity contribution is 7.47. The van der Waals surface area contributed by atoms with E-state index >= 15 is 0 Å². The van der Waals surface area contributed by atoms with Crippen LogP contribution in [0.1, 0.15) is 272 Å². The number of carbonyl (C=O) groups excluding carboxylic acids is 4. The number of phosphoric acid groups is 2. The first kappa shape index (κ1) is 96.4. The predicted octanol–water partition coefficient (Wildman–Crippen LogP) is 22.2. The maximum absolute atomic E-state index is 13.1. The van der Waals surface area contributed by atoms with Crippen molar-refractivity contribution < 1.29 is 80.2 Å². The molecule has 19 heteroatoms. The predicted molar refractivity (Wildman–Crippen MR) is 417 cm³/mol. The summed E-state index contributed by atoms with van der Waals surface area (Å²) in [7, 11) is -10.00. The summed E-state index contributed by atoms with van der Waals surface area (Å²) in [6, 6.07) is 0. The number of aliphatic hydroxyl groups is 1. The lowest BCUT2D eigenvalue weighted by Crippen LogP contribution is -2.30. The third kappa shape index (κ3) is 72.8. The second kappa shape index (κ2) is 73.7. The molecule has 0 spiro atoms. The van der Waals surface area contributed by atoms with Crippen LogP contribution in [0.5, 0.6) is 0 Å². The van der Waals surface area contributed by atoms with Crippen molar-refractivity contribution in [1.82, 2.24) is 0 Å². The van der Waals surface area contributed by atoms with E-state index in [1.165, 1.54) is 12.8 Å². The number of hydrogen-bond donors (Lipinski definition) is 3. The zero-order valence-corrected chi connectivity index (χ0v) is 64.8. The summed E-state index contributed by atoms with van der Waals surface area (Å²) in [5, 5.41) is 10.6. The topological polar surface area (TPSA) is 237 Å². The zero-order valence-electron chi connectivity index (χ0n) is 63.0. The molecule has 0 radical (unpaired) electrons. The average molecular weight is 1470 g/mol. The number of phosphoric ester groups is 2. The van der Waals surface area contributed by atoms with E-state index in [1.807, 2.05) is 18.2 Å². The summed E-state index contributed by atoms with van der Waals surface area (Å²) in [5.41, 5.74) is 0. The highest BCUT2D eigenvalue weighted by Crippen LogP contribution is 2.45. The van der Waals surface area contributed by atoms with Crippen LogP contribution in [-0.2, 0) is 65.4 Å². The third-order valence-electron chi connectivity index (χ3n) is 15.2. The minimum atomic E-state index is -5.01. The second-order valence-corrected chi connectivity index (χ2v) is 27.7. The Balaban J connectivity index is 5.46. The molecule has 3 N–H and O–H groups in total. The Hall–Kier alpha value is -5.58. The molecule has 5 unspecified atom stereocenters. The van der Waals surface area contributed by atoms with E-state index < -0.39 is 97.5 Å². The van der Waals surface area contributed by atoms with Gasteiger partial charge in [0.2, 0.25) is 0 Å². The van der Waals surface area contributed by atoms with Crippen molar-refractivity contribution >= 4 is 39.5 Å². The lowest BCUT2D eigenvalue weighted by molar-refractivity contribution is -0.161. The molecule has 0 aromatic rings. The van der Waals surface area contributed by atoms with Crippen LogP contribution in [0.2, 0.25) is 0 Å². The Kier molecular flexibility index (Phi) is 69.7. The molecule has 0 aliphatic rings. The Morgan fingerprint density at radius 2 is 0.529 bits per heavy atom. The maximum Gasteiger partial charge on any atom is 0.472 e. The van der Waals surface area contributed by atoms with Gasteiger partial charge in [0.1, 0.15) is 19.3 Å². The molecule has 0 saturated carbocycles. The van der Waals surface area contributed by atoms with E-state index in [9.17, 15) is 43.2 Å². The summed E-state index contributed by atoms with van der Waals surface area (Å²) in [6.45, 7) is 4.32. The molecule has 0 aromatic carbocycles. The van der Waals surface area contributed by atoms with Gasteiger partial charge in [-0.25, -0.2) is 9.13 Å². The summed E-state index contributed by atoms with van der Waals surface area (Å²) in [4.78, 5) is 72.8. The quantitative estimate of drug-likeness (QED) is 0.0169. The van der Waals surface area contributed by atoms with Crippen molar-refractivity contribution in [2.75, 3.05) is 39.6 Å². The van der Waals surface area contributed by atoms with Crippen molar-refractivity contribution in [3.63, 3.8) is 0 Å². The molecule has 0 aliphatic carbocycles. The number of carbonyl (C=O) groups is 4. The van der Waals surface area contributed by atoms with Gasteiger partial charge in [0, 0.05) is 25.7 Å². The molecule has 0 saturated heterocycles. The maximum atomic E-state index is 13.1. The number of hydrogen-bond acceptors (Lipinski definition) is 15. The van der Waals surface area contributed by atoms with Gasteiger partial charge in [0.15, 0.2) is 12.2 Å². The molecule has 17 nitrogen and oxygen atoms in total. The molecule has 578 valence electrons. The summed E-state index contributed by atoms with van der Waals surface area (Å²) >= 11 is 0. The molecule has 0 rings (SSSR count). The minimum absolute atomic E-state index is 0.0239. The molecular formula is C83H134O17P2. The fraction of sp³-hybridized carbons (Fsp3) is 0.614. The van der Waals surface area contributed by atoms with Gasteiger partial charge in [-0.2, -0.15) is 0 Å². The molecule has 5 atom stereocenters. The SMILES string of the molecule is CC/C=C\C/C=C\C/C=C\C/C=C\C/C=C\C/C=C\CCC(=O)OCC(COP(=O)(O)OCC(O)COP(=O)(O)OCC(COC(=O)CCCCCCC/C=C\C/C=C\C/C=C\CC)OC(=O)CCCCCCC/C=C\CCCC)OC(=O)CCCCCC/C=C\C/C=C\C/C=C\C/C=C\CC. The second-order valence-electron chi connectivity index (χ2n) is 24.8. The lowest BCUT2D eigenvalue weighted by atomic mass is 10.1. The van der Waals surface area contributed by atoms with Gasteiger partial charge < -0.3 is 33.8 Å². The van der Waals surface area contributed by atoms with Crippen LogP contribution in [0, 0.1) is 0 Å². The van der Waals surface area contributed by atoms with Crippen molar-refractivity contribution in [2.45, 2.75) is 290 Å². The standard InChI is InChI=1S/C83H134O17P2/c1-5-9-13-17-21-25-29-32-35-37-38-40-42-45-49-52-56-60-64-68-81(86)94-74-79(100-83(88)70-66-62-58-54-50-46-43-39-36-33-30-26-22-18-14-10-6-2)76-98-102(91,92)96-72-77(84)71-95-101(89,90)97-75-78(99-82(87)69-65-61-57-53-47-28-24-20-16-12-8-4)73-93-80(85)67-63-59-55-51-48-44-41-34-31-27-23-19-15-11-7-3/h9-11,13-15,20-27,32-36,38,40-41,43,45-46,49,56,60,77-79,84H,5-8,12,16-19,28-31,37,39,42,44,47-48,50-55,57-59,61-76H2,1-4H3,(H,89,90)(H,91,92)/b13-9-,14-10-,15-11-,24-20-,25-21-,26-22-,27-23-,35-32-,36-33-,40-38-,41-34-,46-43-,49-45-,60-56-. The van der Waals surface area contributed by atoms with Gasteiger partial charge in [-0.1, -0.05) is 262 Å². The molecule has 0 bridgehead atoms. The van der Waals surface area contributed by atoms with E-state index in [0.717, 1.165) is 173 Å². The number of rotatable bonds is 70. The first-order valence-electron chi connectivity index (χ1n) is 38.4. The van der Waals surface area contributed by atoms with Gasteiger partial charge in [-0.15, -0.1) is 0 Å². The Bertz CT molecular complexity index is 2600. The van der Waals surface area contributed by atoms with Crippen molar-refractivity contribution in [2.24, 2.45) is 0 Å². The van der Waals surface area contributed by atoms with Gasteiger partial charge in [0.05, 0.1) is 26.4 Å². The molecule has 0 amide bonds. The number of aliphatic hydroxyl groups excluding tert-OH is 1. The Morgan fingerprint density at radius 1 is 0.284 bits per heavy atom. The normalized spacial score (nSPS) is 14.9. The fourth-order valence-electron chi connectivity index (χ4n) is 9.41. The smallest absolute Gasteiger partial charge is 0.462 e. The first-order chi connectivity index (χ1) is 49.7. The number of allylic oxidation sites excluding steroid dienone is 28. The zero-order chi connectivity index (χ0) is 74.6. The van der Waals surface area contributed by atoms with E-state index in [2.05, 4.69) is 180 Å². The summed E-state index contributed by atoms with van der Waals surface area (Å²) < 4.78 is 68.3. The van der Waals surface area contributed by atoms with E-state index in [-0.39, 0.29) is 25.7 Å². The molecule has 0 aliphatic heterocycles. The minimum Gasteiger partial charge on any atom is -0.462 e. The molecular weight excluding hydrogens is 1330 g/mol. The molecule has 0 heterocycles. The highest BCUT2D eigenvalue weighted by atomic mass is 31.2. The van der Waals surface area contributed by atoms with Crippen LogP contribution >= 0.6 is 15.6 Å². The number of unbranched alkanes of at least 4 members (excludes halogenated alkanes) is 16. The van der Waals surface area contributed by atoms with Crippen LogP contribution in [-0.4, -0.2) is 96.7 Å².